The number of nitrogens with two attached hydrogens (primary N) is 1. The van der Waals surface area contributed by atoms with Crippen molar-refractivity contribution < 1.29 is 20.1 Å². The van der Waals surface area contributed by atoms with Gasteiger partial charge < -0.3 is 25.8 Å². The van der Waals surface area contributed by atoms with Crippen LogP contribution < -0.4 is 5.73 Å². The van der Waals surface area contributed by atoms with E-state index in [1.807, 2.05) is 18.2 Å². The molecule has 2 aromatic heterocycles. The summed E-state index contributed by atoms with van der Waals surface area (Å²) in [5.74, 6) is 0.243. The number of nitrogen functional groups attached to an aromatic ring is 1. The average molecular weight is 377 g/mol. The average Bonchev–Trinajstić information content (AvgIpc) is 3.15. The number of halogens is 1. The maximum absolute atomic E-state index is 10.4. The number of hydrogen-bond donors (Lipinski definition) is 4. The first-order chi connectivity index (χ1) is 12.5. The van der Waals surface area contributed by atoms with Gasteiger partial charge in [0.1, 0.15) is 36.3 Å². The first-order valence-electron chi connectivity index (χ1n) is 8.02. The molecule has 0 aliphatic carbocycles. The highest BCUT2D eigenvalue weighted by Crippen LogP contribution is 2.40. The third-order valence-corrected chi connectivity index (χ3v) is 4.94. The number of benzene rings is 1. The predicted octanol–water partition coefficient (Wildman–Crippen LogP) is 0.786. The third-order valence-electron chi connectivity index (χ3n) is 4.61. The van der Waals surface area contributed by atoms with E-state index >= 15 is 0 Å². The van der Waals surface area contributed by atoms with Gasteiger partial charge in [-0.1, -0.05) is 29.8 Å². The number of fused-ring (bicyclic) bond motifs is 1. The van der Waals surface area contributed by atoms with Crippen LogP contribution in [0.5, 0.6) is 0 Å². The summed E-state index contributed by atoms with van der Waals surface area (Å²) in [6.45, 7) is -0.410. The Morgan fingerprint density at radius 2 is 1.96 bits per heavy atom. The largest absolute Gasteiger partial charge is 0.394 e. The van der Waals surface area contributed by atoms with E-state index in [4.69, 9.17) is 22.1 Å². The Morgan fingerprint density at radius 1 is 1.19 bits per heavy atom. The molecule has 0 radical (unpaired) electrons. The number of aromatic nitrogens is 3. The smallest absolute Gasteiger partial charge is 0.151 e. The van der Waals surface area contributed by atoms with Gasteiger partial charge >= 0.3 is 0 Å². The summed E-state index contributed by atoms with van der Waals surface area (Å²) >= 11 is 6.33. The number of nitrogens with zero attached hydrogens (tertiary/aromatic N) is 3. The van der Waals surface area contributed by atoms with E-state index in [9.17, 15) is 15.3 Å². The zero-order chi connectivity index (χ0) is 18.4. The molecule has 4 atom stereocenters. The van der Waals surface area contributed by atoms with Crippen LogP contribution in [0.4, 0.5) is 5.82 Å². The van der Waals surface area contributed by atoms with Crippen LogP contribution in [-0.4, -0.2) is 54.8 Å². The molecule has 26 heavy (non-hydrogen) atoms. The van der Waals surface area contributed by atoms with Gasteiger partial charge in [-0.15, -0.1) is 0 Å². The lowest BCUT2D eigenvalue weighted by Crippen LogP contribution is -2.32. The number of ether oxygens (including phenoxy) is 1. The number of aliphatic hydroxyl groups excluding tert-OH is 3. The lowest BCUT2D eigenvalue weighted by molar-refractivity contribution is -0.0244. The Balaban J connectivity index is 1.93. The van der Waals surface area contributed by atoms with E-state index in [2.05, 4.69) is 10.1 Å². The fourth-order valence-corrected chi connectivity index (χ4v) is 3.56. The molecule has 1 aliphatic heterocycles. The van der Waals surface area contributed by atoms with Crippen LogP contribution in [0.3, 0.4) is 0 Å². The molecule has 5 N–H and O–H groups in total. The Labute approximate surface area is 153 Å². The van der Waals surface area contributed by atoms with Crippen LogP contribution in [0.1, 0.15) is 11.8 Å². The Kier molecular flexibility index (Phi) is 4.29. The Bertz CT molecular complexity index is 963. The van der Waals surface area contributed by atoms with Crippen LogP contribution in [0.15, 0.2) is 36.7 Å². The molecule has 1 fully saturated rings. The predicted molar refractivity (Wildman–Crippen MR) is 94.6 cm³/mol. The lowest BCUT2D eigenvalue weighted by atomic mass is 10.0. The van der Waals surface area contributed by atoms with Gasteiger partial charge in [-0.05, 0) is 12.1 Å². The summed E-state index contributed by atoms with van der Waals surface area (Å²) < 4.78 is 7.16. The quantitative estimate of drug-likeness (QED) is 0.532. The molecule has 8 nitrogen and oxygen atoms in total. The van der Waals surface area contributed by atoms with Crippen molar-refractivity contribution in [1.82, 2.24) is 14.6 Å². The van der Waals surface area contributed by atoms with Gasteiger partial charge in [-0.2, -0.15) is 5.10 Å². The van der Waals surface area contributed by atoms with E-state index in [1.165, 1.54) is 10.8 Å². The summed E-state index contributed by atoms with van der Waals surface area (Å²) in [7, 11) is 0. The first kappa shape index (κ1) is 17.2. The monoisotopic (exact) mass is 376 g/mol. The Morgan fingerprint density at radius 3 is 2.65 bits per heavy atom. The number of hydrogen-bond acceptors (Lipinski definition) is 7. The van der Waals surface area contributed by atoms with E-state index < -0.39 is 31.0 Å². The second-order valence-corrected chi connectivity index (χ2v) is 6.53. The van der Waals surface area contributed by atoms with Crippen molar-refractivity contribution in [2.24, 2.45) is 0 Å². The van der Waals surface area contributed by atoms with E-state index in [-0.39, 0.29) is 5.82 Å². The molecule has 3 heterocycles. The summed E-state index contributed by atoms with van der Waals surface area (Å²) in [6.07, 6.45) is -2.91. The molecule has 0 unspecified atom stereocenters. The van der Waals surface area contributed by atoms with Crippen LogP contribution in [-0.2, 0) is 4.74 Å². The van der Waals surface area contributed by atoms with Crippen molar-refractivity contribution in [2.75, 3.05) is 12.3 Å². The maximum Gasteiger partial charge on any atom is 0.151 e. The highest BCUT2D eigenvalue weighted by molar-refractivity contribution is 6.33. The van der Waals surface area contributed by atoms with Crippen molar-refractivity contribution in [3.05, 3.63) is 47.4 Å². The van der Waals surface area contributed by atoms with Gasteiger partial charge in [0.2, 0.25) is 0 Å². The Hall–Kier alpha value is -2.23. The topological polar surface area (TPSA) is 126 Å². The molecule has 3 aromatic rings. The molecule has 0 saturated carbocycles. The van der Waals surface area contributed by atoms with Crippen molar-refractivity contribution >= 4 is 22.9 Å². The molecule has 9 heteroatoms. The molecule has 1 aliphatic rings. The van der Waals surface area contributed by atoms with E-state index in [1.54, 1.807) is 12.1 Å². The van der Waals surface area contributed by atoms with Gasteiger partial charge in [0.05, 0.1) is 12.3 Å². The van der Waals surface area contributed by atoms with E-state index in [0.717, 1.165) is 5.56 Å². The van der Waals surface area contributed by atoms with Crippen molar-refractivity contribution in [3.8, 4) is 11.1 Å². The van der Waals surface area contributed by atoms with Crippen LogP contribution in [0, 0.1) is 0 Å². The summed E-state index contributed by atoms with van der Waals surface area (Å²) in [4.78, 5) is 4.04. The summed E-state index contributed by atoms with van der Waals surface area (Å²) in [6, 6.07) is 9.01. The highest BCUT2D eigenvalue weighted by Gasteiger charge is 2.44. The zero-order valence-corrected chi connectivity index (χ0v) is 14.3. The third kappa shape index (κ3) is 2.54. The summed E-state index contributed by atoms with van der Waals surface area (Å²) in [5.41, 5.74) is 8.47. The van der Waals surface area contributed by atoms with Crippen molar-refractivity contribution in [2.45, 2.75) is 24.4 Å². The maximum atomic E-state index is 10.4. The van der Waals surface area contributed by atoms with Crippen LogP contribution >= 0.6 is 11.6 Å². The highest BCUT2D eigenvalue weighted by atomic mass is 35.5. The minimum atomic E-state index is -1.22. The molecule has 0 amide bonds. The van der Waals surface area contributed by atoms with E-state index in [0.29, 0.717) is 21.8 Å². The van der Waals surface area contributed by atoms with Crippen LogP contribution in [0.2, 0.25) is 5.02 Å². The van der Waals surface area contributed by atoms with Gasteiger partial charge in [0.15, 0.2) is 5.82 Å². The molecule has 136 valence electrons. The molecular weight excluding hydrogens is 360 g/mol. The number of aliphatic hydroxyl groups is 3. The molecule has 1 saturated heterocycles. The van der Waals surface area contributed by atoms with Gasteiger partial charge in [-0.25, -0.2) is 9.50 Å². The molecule has 0 bridgehead atoms. The second kappa shape index (κ2) is 6.49. The van der Waals surface area contributed by atoms with Crippen molar-refractivity contribution in [1.29, 1.82) is 0 Å². The molecule has 1 aromatic carbocycles. The lowest BCUT2D eigenvalue weighted by Gasteiger charge is -2.14. The van der Waals surface area contributed by atoms with Crippen LogP contribution in [0.25, 0.3) is 16.6 Å². The second-order valence-electron chi connectivity index (χ2n) is 6.13. The number of anilines is 1. The SMILES string of the molecule is Nc1ncnn2c([C@@H]3O[C@H](CO)[C@@H](O)[C@H]3O)cc(-c3ccccc3Cl)c12. The fourth-order valence-electron chi connectivity index (χ4n) is 3.32. The number of rotatable bonds is 3. The standard InChI is InChI=1S/C17H17ClN4O4/c18-10-4-2-1-3-8(10)9-5-11(22-13(9)17(19)20-7-21-22)16-15(25)14(24)12(6-23)26-16/h1-5,7,12,14-16,23-25H,6H2,(H2,19,20,21)/t12-,14-,15-,16+/m1/s1. The fraction of sp³-hybridized carbons (Fsp3) is 0.294. The van der Waals surface area contributed by atoms with Gasteiger partial charge in [0.25, 0.3) is 0 Å². The molecule has 0 spiro atoms. The normalized spacial score (nSPS) is 25.8. The minimum Gasteiger partial charge on any atom is -0.394 e. The van der Waals surface area contributed by atoms with Crippen molar-refractivity contribution in [3.63, 3.8) is 0 Å². The van der Waals surface area contributed by atoms with Gasteiger partial charge in [-0.3, -0.25) is 0 Å². The van der Waals surface area contributed by atoms with Gasteiger partial charge in [0, 0.05) is 16.1 Å². The first-order valence-corrected chi connectivity index (χ1v) is 8.40. The minimum absolute atomic E-state index is 0.243. The summed E-state index contributed by atoms with van der Waals surface area (Å²) in [5, 5.41) is 34.5. The zero-order valence-electron chi connectivity index (χ0n) is 13.5. The molecule has 4 rings (SSSR count). The molecular formula is C17H17ClN4O4.